The lowest BCUT2D eigenvalue weighted by atomic mass is 10.3. The van der Waals surface area contributed by atoms with Crippen molar-refractivity contribution in [2.75, 3.05) is 0 Å². The van der Waals surface area contributed by atoms with Gasteiger partial charge < -0.3 is 5.73 Å². The van der Waals surface area contributed by atoms with Gasteiger partial charge in [0, 0.05) is 11.1 Å². The summed E-state index contributed by atoms with van der Waals surface area (Å²) in [5.74, 6) is 0. The average molecular weight is 175 g/mol. The van der Waals surface area contributed by atoms with Gasteiger partial charge in [0.2, 0.25) is 0 Å². The van der Waals surface area contributed by atoms with E-state index < -0.39 is 0 Å². The van der Waals surface area contributed by atoms with E-state index in [0.29, 0.717) is 4.47 Å². The van der Waals surface area contributed by atoms with Gasteiger partial charge in [0.25, 0.3) is 0 Å². The molecule has 2 nitrogen and oxygen atoms in total. The predicted octanol–water partition coefficient (Wildman–Crippen LogP) is 1.74. The van der Waals surface area contributed by atoms with Crippen molar-refractivity contribution >= 4 is 22.9 Å². The van der Waals surface area contributed by atoms with Crippen molar-refractivity contribution < 1.29 is 0 Å². The van der Waals surface area contributed by atoms with Crippen LogP contribution in [-0.4, -0.2) is 4.98 Å². The molecule has 10 heavy (non-hydrogen) atoms. The number of nitrogens with zero attached hydrogens (tertiary/aromatic N) is 1. The number of nitrogens with two attached hydrogens (primary N) is 1. The number of aromatic nitrogens is 1. The van der Waals surface area contributed by atoms with Crippen LogP contribution < -0.4 is 5.73 Å². The molecule has 54 valence electrons. The topological polar surface area (TPSA) is 38.9 Å². The summed E-state index contributed by atoms with van der Waals surface area (Å²) in [4.78, 5) is 5.05. The summed E-state index contributed by atoms with van der Waals surface area (Å²) in [7, 11) is 0. The fourth-order valence-electron chi connectivity index (χ4n) is 0.864. The quantitative estimate of drug-likeness (QED) is 0.705. The van der Waals surface area contributed by atoms with E-state index >= 15 is 0 Å². The van der Waals surface area contributed by atoms with Gasteiger partial charge in [-0.1, -0.05) is 11.6 Å². The summed E-state index contributed by atoms with van der Waals surface area (Å²) < 4.78 is 0.590. The molecule has 1 saturated carbocycles. The maximum absolute atomic E-state index is 5.89. The molecule has 1 aromatic heterocycles. The standard InChI is InChI=1S/C6H7ClN2S/c7-5-9-3-4(10-5)6(8)1-2-6/h3H,1-2,8H2. The number of hydrogen-bond acceptors (Lipinski definition) is 3. The molecule has 0 spiro atoms. The Kier molecular flexibility index (Phi) is 1.27. The van der Waals surface area contributed by atoms with Crippen LogP contribution in [0.2, 0.25) is 4.47 Å². The molecule has 0 amide bonds. The van der Waals surface area contributed by atoms with Crippen molar-refractivity contribution in [2.24, 2.45) is 5.73 Å². The molecule has 0 aliphatic heterocycles. The minimum absolute atomic E-state index is 0.0647. The third-order valence-corrected chi connectivity index (χ3v) is 3.09. The molecule has 0 unspecified atom stereocenters. The molecule has 2 N–H and O–H groups in total. The van der Waals surface area contributed by atoms with Gasteiger partial charge in [-0.15, -0.1) is 11.3 Å². The Hall–Kier alpha value is -0.120. The lowest BCUT2D eigenvalue weighted by Gasteiger charge is -2.00. The first-order chi connectivity index (χ1) is 4.71. The summed E-state index contributed by atoms with van der Waals surface area (Å²) in [5, 5.41) is 0. The summed E-state index contributed by atoms with van der Waals surface area (Å²) >= 11 is 7.13. The number of thiazole rings is 1. The zero-order valence-electron chi connectivity index (χ0n) is 5.30. The molecule has 0 atom stereocenters. The van der Waals surface area contributed by atoms with Crippen LogP contribution in [-0.2, 0) is 5.54 Å². The summed E-state index contributed by atoms with van der Waals surface area (Å²) in [6.45, 7) is 0. The molecule has 1 aliphatic carbocycles. The SMILES string of the molecule is NC1(c2cnc(Cl)s2)CC1. The fourth-order valence-corrected chi connectivity index (χ4v) is 1.96. The summed E-state index contributed by atoms with van der Waals surface area (Å²) in [6.07, 6.45) is 3.93. The molecule has 1 fully saturated rings. The van der Waals surface area contributed by atoms with Gasteiger partial charge in [-0.05, 0) is 12.8 Å². The maximum Gasteiger partial charge on any atom is 0.183 e. The smallest absolute Gasteiger partial charge is 0.183 e. The zero-order chi connectivity index (χ0) is 7.19. The third kappa shape index (κ3) is 0.944. The average Bonchev–Trinajstić information content (AvgIpc) is 2.45. The first-order valence-corrected chi connectivity index (χ1v) is 4.31. The largest absolute Gasteiger partial charge is 0.321 e. The van der Waals surface area contributed by atoms with E-state index in [-0.39, 0.29) is 5.54 Å². The van der Waals surface area contributed by atoms with Gasteiger partial charge in [-0.3, -0.25) is 0 Å². The molecule has 0 bridgehead atoms. The highest BCUT2D eigenvalue weighted by Crippen LogP contribution is 2.45. The Balaban J connectivity index is 2.34. The van der Waals surface area contributed by atoms with Gasteiger partial charge >= 0.3 is 0 Å². The van der Waals surface area contributed by atoms with Crippen LogP contribution in [0.1, 0.15) is 17.7 Å². The van der Waals surface area contributed by atoms with Gasteiger partial charge in [0.1, 0.15) is 0 Å². The predicted molar refractivity (Wildman–Crippen MR) is 42.2 cm³/mol. The minimum Gasteiger partial charge on any atom is -0.321 e. The van der Waals surface area contributed by atoms with E-state index in [9.17, 15) is 0 Å². The fraction of sp³-hybridized carbons (Fsp3) is 0.500. The Bertz CT molecular complexity index is 254. The molecule has 2 rings (SSSR count). The highest BCUT2D eigenvalue weighted by atomic mass is 35.5. The third-order valence-electron chi connectivity index (χ3n) is 1.76. The van der Waals surface area contributed by atoms with Gasteiger partial charge in [-0.25, -0.2) is 4.98 Å². The lowest BCUT2D eigenvalue weighted by Crippen LogP contribution is -2.16. The van der Waals surface area contributed by atoms with E-state index in [2.05, 4.69) is 4.98 Å². The van der Waals surface area contributed by atoms with E-state index in [4.69, 9.17) is 17.3 Å². The van der Waals surface area contributed by atoms with Crippen LogP contribution in [0, 0.1) is 0 Å². The van der Waals surface area contributed by atoms with E-state index in [0.717, 1.165) is 17.7 Å². The zero-order valence-corrected chi connectivity index (χ0v) is 6.87. The molecule has 1 aromatic rings. The van der Waals surface area contributed by atoms with Crippen LogP contribution >= 0.6 is 22.9 Å². The van der Waals surface area contributed by atoms with Crippen molar-refractivity contribution in [2.45, 2.75) is 18.4 Å². The van der Waals surface area contributed by atoms with E-state index in [1.807, 2.05) is 0 Å². The second-order valence-electron chi connectivity index (χ2n) is 2.63. The molecule has 4 heteroatoms. The molecule has 1 heterocycles. The highest BCUT2D eigenvalue weighted by molar-refractivity contribution is 7.15. The second kappa shape index (κ2) is 1.94. The minimum atomic E-state index is -0.0647. The van der Waals surface area contributed by atoms with Crippen molar-refractivity contribution in [1.82, 2.24) is 4.98 Å². The Morgan fingerprint density at radius 3 is 2.80 bits per heavy atom. The van der Waals surface area contributed by atoms with Crippen molar-refractivity contribution in [3.8, 4) is 0 Å². The van der Waals surface area contributed by atoms with Crippen molar-refractivity contribution in [1.29, 1.82) is 0 Å². The van der Waals surface area contributed by atoms with Crippen molar-refractivity contribution in [3.05, 3.63) is 15.5 Å². The lowest BCUT2D eigenvalue weighted by molar-refractivity contribution is 0.756. The van der Waals surface area contributed by atoms with Crippen molar-refractivity contribution in [3.63, 3.8) is 0 Å². The Labute approximate surface area is 68.0 Å². The molecular formula is C6H7ClN2S. The van der Waals surface area contributed by atoms with Gasteiger partial charge in [-0.2, -0.15) is 0 Å². The molecule has 0 saturated heterocycles. The molecule has 1 aliphatic rings. The monoisotopic (exact) mass is 174 g/mol. The van der Waals surface area contributed by atoms with Crippen LogP contribution in [0.3, 0.4) is 0 Å². The normalized spacial score (nSPS) is 21.0. The first-order valence-electron chi connectivity index (χ1n) is 3.11. The molecular weight excluding hydrogens is 168 g/mol. The van der Waals surface area contributed by atoms with Crippen LogP contribution in [0.15, 0.2) is 6.20 Å². The highest BCUT2D eigenvalue weighted by Gasteiger charge is 2.41. The van der Waals surface area contributed by atoms with Gasteiger partial charge in [0.05, 0.1) is 5.54 Å². The molecule has 0 radical (unpaired) electrons. The summed E-state index contributed by atoms with van der Waals surface area (Å²) in [5.41, 5.74) is 5.83. The Morgan fingerprint density at radius 2 is 2.40 bits per heavy atom. The number of halogens is 1. The maximum atomic E-state index is 5.89. The molecule has 0 aromatic carbocycles. The Morgan fingerprint density at radius 1 is 1.70 bits per heavy atom. The van der Waals surface area contributed by atoms with Gasteiger partial charge in [0.15, 0.2) is 4.47 Å². The summed E-state index contributed by atoms with van der Waals surface area (Å²) in [6, 6.07) is 0. The number of rotatable bonds is 1. The van der Waals surface area contributed by atoms with E-state index in [1.54, 1.807) is 6.20 Å². The van der Waals surface area contributed by atoms with E-state index in [1.165, 1.54) is 11.3 Å². The second-order valence-corrected chi connectivity index (χ2v) is 4.25. The number of hydrogen-bond donors (Lipinski definition) is 1. The van der Waals surface area contributed by atoms with Crippen LogP contribution in [0.4, 0.5) is 0 Å². The first kappa shape index (κ1) is 6.58. The van der Waals surface area contributed by atoms with Crippen LogP contribution in [0.5, 0.6) is 0 Å². The van der Waals surface area contributed by atoms with Crippen LogP contribution in [0.25, 0.3) is 0 Å².